The predicted octanol–water partition coefficient (Wildman–Crippen LogP) is 2.72. The molecule has 0 saturated heterocycles. The molecule has 8 nitrogen and oxygen atoms in total. The summed E-state index contributed by atoms with van der Waals surface area (Å²) in [5.41, 5.74) is 8.55. The van der Waals surface area contributed by atoms with Gasteiger partial charge < -0.3 is 25.1 Å². The monoisotopic (exact) mass is 382 g/mol. The first-order valence-electron chi connectivity index (χ1n) is 8.87. The molecule has 0 bridgehead atoms. The Balaban J connectivity index is 1.53. The number of benzene rings is 2. The van der Waals surface area contributed by atoms with Gasteiger partial charge in [-0.15, -0.1) is 0 Å². The Kier molecular flexibility index (Phi) is 6.11. The van der Waals surface area contributed by atoms with Crippen molar-refractivity contribution in [1.82, 2.24) is 14.9 Å². The van der Waals surface area contributed by atoms with Crippen LogP contribution in [0.15, 0.2) is 48.5 Å². The third kappa shape index (κ3) is 4.40. The number of fused-ring (bicyclic) bond motifs is 1. The molecule has 0 unspecified atom stereocenters. The van der Waals surface area contributed by atoms with Gasteiger partial charge in [0.1, 0.15) is 12.1 Å². The van der Waals surface area contributed by atoms with Crippen LogP contribution in [0.25, 0.3) is 11.0 Å². The summed E-state index contributed by atoms with van der Waals surface area (Å²) in [6, 6.07) is 14.7. The Morgan fingerprint density at radius 3 is 2.68 bits per heavy atom. The Morgan fingerprint density at radius 1 is 1.14 bits per heavy atom. The average molecular weight is 382 g/mol. The van der Waals surface area contributed by atoms with Crippen LogP contribution in [0.5, 0.6) is 0 Å². The summed E-state index contributed by atoms with van der Waals surface area (Å²) in [4.78, 5) is 27.9. The fraction of sp³-hybridized carbons (Fsp3) is 0.250. The van der Waals surface area contributed by atoms with Gasteiger partial charge in [0.25, 0.3) is 0 Å². The third-order valence-corrected chi connectivity index (χ3v) is 4.25. The Hall–Kier alpha value is -3.55. The maximum absolute atomic E-state index is 11.9. The van der Waals surface area contributed by atoms with Gasteiger partial charge in [-0.3, -0.25) is 0 Å². The van der Waals surface area contributed by atoms with Crippen LogP contribution in [0.3, 0.4) is 0 Å². The summed E-state index contributed by atoms with van der Waals surface area (Å²) in [6.45, 7) is 1.18. The van der Waals surface area contributed by atoms with Crippen molar-refractivity contribution in [3.63, 3.8) is 0 Å². The van der Waals surface area contributed by atoms with E-state index in [4.69, 9.17) is 15.2 Å². The van der Waals surface area contributed by atoms with Crippen molar-refractivity contribution in [1.29, 1.82) is 0 Å². The Labute approximate surface area is 162 Å². The average Bonchev–Trinajstić information content (AvgIpc) is 3.05. The number of hydrogen-bond donors (Lipinski definition) is 2. The quantitative estimate of drug-likeness (QED) is 0.480. The number of anilines is 1. The molecule has 0 radical (unpaired) electrons. The van der Waals surface area contributed by atoms with Crippen molar-refractivity contribution in [3.8, 4) is 0 Å². The van der Waals surface area contributed by atoms with Gasteiger partial charge in [-0.25, -0.2) is 14.6 Å². The number of nitrogen functional groups attached to an aromatic ring is 1. The number of nitrogens with zero attached hydrogens (tertiary/aromatic N) is 2. The van der Waals surface area contributed by atoms with Gasteiger partial charge >= 0.3 is 12.1 Å². The number of carbonyl (C=O) groups excluding carboxylic acids is 2. The lowest BCUT2D eigenvalue weighted by molar-refractivity contribution is 0.0602. The predicted molar refractivity (Wildman–Crippen MR) is 105 cm³/mol. The lowest BCUT2D eigenvalue weighted by atomic mass is 10.2. The van der Waals surface area contributed by atoms with Crippen LogP contribution in [-0.2, 0) is 22.6 Å². The van der Waals surface area contributed by atoms with Gasteiger partial charge in [-0.1, -0.05) is 36.4 Å². The second kappa shape index (κ2) is 8.90. The fourth-order valence-corrected chi connectivity index (χ4v) is 2.88. The van der Waals surface area contributed by atoms with E-state index < -0.39 is 12.1 Å². The molecule has 8 heteroatoms. The summed E-state index contributed by atoms with van der Waals surface area (Å²) < 4.78 is 11.8. The number of esters is 1. The number of ether oxygens (including phenoxy) is 2. The first-order valence-corrected chi connectivity index (χ1v) is 8.87. The van der Waals surface area contributed by atoms with Crippen LogP contribution in [0.1, 0.15) is 22.3 Å². The minimum absolute atomic E-state index is 0.224. The van der Waals surface area contributed by atoms with Crippen molar-refractivity contribution >= 4 is 29.0 Å². The topological polar surface area (TPSA) is 108 Å². The molecule has 0 aliphatic carbocycles. The Bertz CT molecular complexity index is 969. The Morgan fingerprint density at radius 2 is 1.93 bits per heavy atom. The number of methoxy groups -OCH3 is 1. The van der Waals surface area contributed by atoms with Crippen LogP contribution >= 0.6 is 0 Å². The highest BCUT2D eigenvalue weighted by atomic mass is 16.5. The van der Waals surface area contributed by atoms with Gasteiger partial charge in [0.05, 0.1) is 18.2 Å². The van der Waals surface area contributed by atoms with Crippen LogP contribution in [-0.4, -0.2) is 35.3 Å². The standard InChI is InChI=1S/C20H22N4O4/c1-27-18(25)15-9-5-10-16-17(15)23-19(21)24(16)12-6-11-22-20(26)28-13-14-7-3-2-4-8-14/h2-5,7-10H,6,11-13H2,1H3,(H2,21,23)(H,22,26). The number of aryl methyl sites for hydroxylation is 1. The molecule has 1 amide bonds. The molecule has 0 aliphatic heterocycles. The van der Waals surface area contributed by atoms with Crippen LogP contribution in [0.4, 0.5) is 10.7 Å². The van der Waals surface area contributed by atoms with E-state index in [0.29, 0.717) is 36.5 Å². The maximum atomic E-state index is 11.9. The largest absolute Gasteiger partial charge is 0.465 e. The molecule has 0 spiro atoms. The number of para-hydroxylation sites is 1. The summed E-state index contributed by atoms with van der Waals surface area (Å²) in [5, 5.41) is 2.71. The SMILES string of the molecule is COC(=O)c1cccc2c1nc(N)n2CCCNC(=O)OCc1ccccc1. The zero-order valence-corrected chi connectivity index (χ0v) is 15.6. The summed E-state index contributed by atoms with van der Waals surface area (Å²) in [5.74, 6) is -0.156. The number of imidazole rings is 1. The minimum atomic E-state index is -0.472. The van der Waals surface area contributed by atoms with E-state index in [1.54, 1.807) is 16.7 Å². The number of amides is 1. The molecule has 1 heterocycles. The van der Waals surface area contributed by atoms with E-state index in [-0.39, 0.29) is 6.61 Å². The lowest BCUT2D eigenvalue weighted by Gasteiger charge is -2.09. The lowest BCUT2D eigenvalue weighted by Crippen LogP contribution is -2.26. The molecular weight excluding hydrogens is 360 g/mol. The van der Waals surface area contributed by atoms with E-state index in [0.717, 1.165) is 11.1 Å². The van der Waals surface area contributed by atoms with Gasteiger partial charge in [0.2, 0.25) is 5.95 Å². The molecule has 28 heavy (non-hydrogen) atoms. The minimum Gasteiger partial charge on any atom is -0.465 e. The molecule has 0 saturated carbocycles. The van der Waals surface area contributed by atoms with E-state index in [2.05, 4.69) is 10.3 Å². The first-order chi connectivity index (χ1) is 13.6. The number of nitrogens with two attached hydrogens (primary N) is 1. The smallest absolute Gasteiger partial charge is 0.407 e. The molecular formula is C20H22N4O4. The van der Waals surface area contributed by atoms with Crippen molar-refractivity contribution in [2.45, 2.75) is 19.6 Å². The van der Waals surface area contributed by atoms with Crippen LogP contribution in [0, 0.1) is 0 Å². The van der Waals surface area contributed by atoms with Gasteiger partial charge in [-0.2, -0.15) is 0 Å². The highest BCUT2D eigenvalue weighted by Gasteiger charge is 2.16. The molecule has 2 aromatic carbocycles. The van der Waals surface area contributed by atoms with E-state index >= 15 is 0 Å². The number of nitrogens with one attached hydrogen (secondary N) is 1. The molecule has 3 aromatic rings. The second-order valence-corrected chi connectivity index (χ2v) is 6.13. The number of alkyl carbamates (subject to hydrolysis) is 1. The zero-order valence-electron chi connectivity index (χ0n) is 15.6. The molecule has 3 rings (SSSR count). The van der Waals surface area contributed by atoms with E-state index in [1.165, 1.54) is 7.11 Å². The maximum Gasteiger partial charge on any atom is 0.407 e. The number of rotatable bonds is 7. The summed E-state index contributed by atoms with van der Waals surface area (Å²) >= 11 is 0. The van der Waals surface area contributed by atoms with Crippen molar-refractivity contribution < 1.29 is 19.1 Å². The van der Waals surface area contributed by atoms with Crippen molar-refractivity contribution in [2.24, 2.45) is 0 Å². The number of hydrogen-bond acceptors (Lipinski definition) is 6. The van der Waals surface area contributed by atoms with Gasteiger partial charge in [0, 0.05) is 13.1 Å². The summed E-state index contributed by atoms with van der Waals surface area (Å²) in [6.07, 6.45) is 0.152. The van der Waals surface area contributed by atoms with E-state index in [1.807, 2.05) is 36.4 Å². The highest BCUT2D eigenvalue weighted by Crippen LogP contribution is 2.22. The summed E-state index contributed by atoms with van der Waals surface area (Å²) in [7, 11) is 1.32. The number of carbonyl (C=O) groups is 2. The second-order valence-electron chi connectivity index (χ2n) is 6.13. The fourth-order valence-electron chi connectivity index (χ4n) is 2.88. The van der Waals surface area contributed by atoms with Gasteiger partial charge in [-0.05, 0) is 24.1 Å². The molecule has 146 valence electrons. The molecule has 1 aromatic heterocycles. The van der Waals surface area contributed by atoms with Crippen LogP contribution < -0.4 is 11.1 Å². The molecule has 0 atom stereocenters. The normalized spacial score (nSPS) is 10.6. The van der Waals surface area contributed by atoms with Crippen molar-refractivity contribution in [2.75, 3.05) is 19.4 Å². The van der Waals surface area contributed by atoms with Crippen molar-refractivity contribution in [3.05, 3.63) is 59.7 Å². The highest BCUT2D eigenvalue weighted by molar-refractivity contribution is 6.02. The third-order valence-electron chi connectivity index (χ3n) is 4.25. The number of aromatic nitrogens is 2. The van der Waals surface area contributed by atoms with Crippen LogP contribution in [0.2, 0.25) is 0 Å². The molecule has 0 aliphatic rings. The van der Waals surface area contributed by atoms with Gasteiger partial charge in [0.15, 0.2) is 0 Å². The first kappa shape index (κ1) is 19.2. The molecule has 0 fully saturated rings. The molecule has 3 N–H and O–H groups in total. The van der Waals surface area contributed by atoms with E-state index in [9.17, 15) is 9.59 Å². The zero-order chi connectivity index (χ0) is 19.9.